The summed E-state index contributed by atoms with van der Waals surface area (Å²) in [4.78, 5) is 9.37. The summed E-state index contributed by atoms with van der Waals surface area (Å²) in [6, 6.07) is 12.7. The molecule has 0 fully saturated rings. The van der Waals surface area contributed by atoms with Crippen LogP contribution in [0.25, 0.3) is 22.4 Å². The molecule has 6 nitrogen and oxygen atoms in total. The minimum atomic E-state index is 0.253. The lowest BCUT2D eigenvalue weighted by Crippen LogP contribution is -2.04. The molecule has 0 radical (unpaired) electrons. The molecule has 6 heteroatoms. The first-order valence-corrected chi connectivity index (χ1v) is 8.92. The van der Waals surface area contributed by atoms with Crippen molar-refractivity contribution in [2.45, 2.75) is 39.7 Å². The quantitative estimate of drug-likeness (QED) is 0.595. The minimum absolute atomic E-state index is 0.253. The maximum Gasteiger partial charge on any atom is 0.181 e. The summed E-state index contributed by atoms with van der Waals surface area (Å²) in [5.41, 5.74) is 4.09. The zero-order valence-electron chi connectivity index (χ0n) is 15.3. The largest absolute Gasteiger partial charge is 0.263 e. The molecule has 3 heterocycles. The summed E-state index contributed by atoms with van der Waals surface area (Å²) in [6.07, 6.45) is 3.62. The lowest BCUT2D eigenvalue weighted by molar-refractivity contribution is 0.546. The lowest BCUT2D eigenvalue weighted by Gasteiger charge is -2.07. The second kappa shape index (κ2) is 6.71. The molecule has 0 aliphatic rings. The third-order valence-corrected chi connectivity index (χ3v) is 4.45. The van der Waals surface area contributed by atoms with Crippen LogP contribution in [-0.4, -0.2) is 29.9 Å². The molecule has 0 atom stereocenters. The summed E-state index contributed by atoms with van der Waals surface area (Å²) in [5, 5.41) is 13.0. The highest BCUT2D eigenvalue weighted by Gasteiger charge is 2.16. The van der Waals surface area contributed by atoms with E-state index in [4.69, 9.17) is 4.98 Å². The van der Waals surface area contributed by atoms with Crippen LogP contribution in [0.4, 0.5) is 0 Å². The number of rotatable bonds is 5. The number of nitrogens with one attached hydrogen (secondary N) is 1. The van der Waals surface area contributed by atoms with Crippen LogP contribution >= 0.6 is 0 Å². The van der Waals surface area contributed by atoms with Gasteiger partial charge in [-0.05, 0) is 38.8 Å². The molecule has 3 aromatic heterocycles. The van der Waals surface area contributed by atoms with Crippen molar-refractivity contribution in [3.05, 3.63) is 59.7 Å². The molecule has 0 saturated heterocycles. The van der Waals surface area contributed by atoms with E-state index in [0.717, 1.165) is 41.0 Å². The van der Waals surface area contributed by atoms with E-state index in [1.54, 1.807) is 0 Å². The predicted octanol–water partition coefficient (Wildman–Crippen LogP) is 3.89. The predicted molar refractivity (Wildman–Crippen MR) is 102 cm³/mol. The molecule has 132 valence electrons. The van der Waals surface area contributed by atoms with Crippen LogP contribution in [0.15, 0.2) is 42.6 Å². The van der Waals surface area contributed by atoms with E-state index in [9.17, 15) is 0 Å². The van der Waals surface area contributed by atoms with Crippen molar-refractivity contribution in [1.29, 1.82) is 0 Å². The Morgan fingerprint density at radius 1 is 1.08 bits per heavy atom. The molecule has 0 aliphatic heterocycles. The van der Waals surface area contributed by atoms with Gasteiger partial charge in [-0.25, -0.2) is 14.6 Å². The second-order valence-corrected chi connectivity index (χ2v) is 6.82. The molecule has 0 unspecified atom stereocenters. The van der Waals surface area contributed by atoms with Crippen LogP contribution in [0.3, 0.4) is 0 Å². The van der Waals surface area contributed by atoms with Gasteiger partial charge in [-0.2, -0.15) is 10.2 Å². The Labute approximate surface area is 152 Å². The molecule has 1 aromatic carbocycles. The Kier molecular flexibility index (Phi) is 4.24. The highest BCUT2D eigenvalue weighted by molar-refractivity contribution is 5.90. The van der Waals surface area contributed by atoms with Crippen LogP contribution < -0.4 is 0 Å². The summed E-state index contributed by atoms with van der Waals surface area (Å²) in [5.74, 6) is 1.59. The number of fused-ring (bicyclic) bond motifs is 1. The van der Waals surface area contributed by atoms with E-state index in [1.807, 2.05) is 29.9 Å². The van der Waals surface area contributed by atoms with Crippen molar-refractivity contribution in [3.63, 3.8) is 0 Å². The number of nitrogens with zero attached hydrogens (tertiary/aromatic N) is 5. The average Bonchev–Trinajstić information content (AvgIpc) is 3.27. The third-order valence-electron chi connectivity index (χ3n) is 4.45. The molecule has 1 N–H and O–H groups in total. The standard InChI is InChI=1S/C20H22N6/c1-13(2)26-20-17(12-21-26)16(11-14(3)22-20)19-23-18(24-25-19)10-9-15-7-5-4-6-8-15/h4-8,11-13H,9-10H2,1-3H3,(H,23,24,25). The summed E-state index contributed by atoms with van der Waals surface area (Å²) >= 11 is 0. The molecule has 4 rings (SSSR count). The number of aryl methyl sites for hydroxylation is 3. The lowest BCUT2D eigenvalue weighted by atomic mass is 10.1. The topological polar surface area (TPSA) is 72.3 Å². The molecular formula is C20H22N6. The van der Waals surface area contributed by atoms with Gasteiger partial charge in [-0.3, -0.25) is 5.10 Å². The Morgan fingerprint density at radius 3 is 2.65 bits per heavy atom. The summed E-state index contributed by atoms with van der Waals surface area (Å²) in [7, 11) is 0. The van der Waals surface area contributed by atoms with Crippen LogP contribution in [0, 0.1) is 6.92 Å². The number of aromatic amines is 1. The van der Waals surface area contributed by atoms with Gasteiger partial charge in [-0.15, -0.1) is 0 Å². The van der Waals surface area contributed by atoms with Gasteiger partial charge in [-0.1, -0.05) is 30.3 Å². The first kappa shape index (κ1) is 16.4. The van der Waals surface area contributed by atoms with Gasteiger partial charge in [0.2, 0.25) is 0 Å². The third kappa shape index (κ3) is 3.10. The van der Waals surface area contributed by atoms with Gasteiger partial charge >= 0.3 is 0 Å². The number of pyridine rings is 1. The molecule has 4 aromatic rings. The maximum atomic E-state index is 4.71. The Morgan fingerprint density at radius 2 is 1.88 bits per heavy atom. The molecular weight excluding hydrogens is 324 g/mol. The zero-order chi connectivity index (χ0) is 18.1. The van der Waals surface area contributed by atoms with Gasteiger partial charge in [0.15, 0.2) is 11.5 Å². The fraction of sp³-hybridized carbons (Fsp3) is 0.300. The van der Waals surface area contributed by atoms with Crippen LogP contribution in [0.5, 0.6) is 0 Å². The number of hydrogen-bond acceptors (Lipinski definition) is 4. The van der Waals surface area contributed by atoms with E-state index >= 15 is 0 Å². The minimum Gasteiger partial charge on any atom is -0.263 e. The maximum absolute atomic E-state index is 4.71. The van der Waals surface area contributed by atoms with Crippen LogP contribution in [0.2, 0.25) is 0 Å². The van der Waals surface area contributed by atoms with Gasteiger partial charge in [0, 0.05) is 23.7 Å². The first-order chi connectivity index (χ1) is 12.6. The highest BCUT2D eigenvalue weighted by Crippen LogP contribution is 2.27. The molecule has 0 spiro atoms. The van der Waals surface area contributed by atoms with E-state index in [0.29, 0.717) is 5.82 Å². The molecule has 0 aliphatic carbocycles. The molecule has 0 saturated carbocycles. The summed E-state index contributed by atoms with van der Waals surface area (Å²) in [6.45, 7) is 6.19. The van der Waals surface area contributed by atoms with Crippen molar-refractivity contribution in [1.82, 2.24) is 29.9 Å². The number of hydrogen-bond donors (Lipinski definition) is 1. The Bertz CT molecular complexity index is 1030. The van der Waals surface area contributed by atoms with Gasteiger partial charge in [0.1, 0.15) is 5.82 Å². The van der Waals surface area contributed by atoms with E-state index in [-0.39, 0.29) is 6.04 Å². The van der Waals surface area contributed by atoms with Crippen LogP contribution in [-0.2, 0) is 12.8 Å². The smallest absolute Gasteiger partial charge is 0.181 e. The number of H-pyrrole nitrogens is 1. The highest BCUT2D eigenvalue weighted by atomic mass is 15.3. The van der Waals surface area contributed by atoms with E-state index in [2.05, 4.69) is 58.4 Å². The fourth-order valence-electron chi connectivity index (χ4n) is 3.14. The Hall–Kier alpha value is -3.02. The normalized spacial score (nSPS) is 11.5. The van der Waals surface area contributed by atoms with Crippen molar-refractivity contribution >= 4 is 11.0 Å². The fourth-order valence-corrected chi connectivity index (χ4v) is 3.14. The molecule has 0 bridgehead atoms. The van der Waals surface area contributed by atoms with Crippen molar-refractivity contribution < 1.29 is 0 Å². The number of benzene rings is 1. The van der Waals surface area contributed by atoms with E-state index < -0.39 is 0 Å². The van der Waals surface area contributed by atoms with E-state index in [1.165, 1.54) is 5.56 Å². The second-order valence-electron chi connectivity index (χ2n) is 6.82. The Balaban J connectivity index is 1.65. The molecule has 0 amide bonds. The number of aromatic nitrogens is 6. The molecule has 26 heavy (non-hydrogen) atoms. The first-order valence-electron chi connectivity index (χ1n) is 8.92. The monoisotopic (exact) mass is 346 g/mol. The average molecular weight is 346 g/mol. The van der Waals surface area contributed by atoms with Crippen molar-refractivity contribution in [2.24, 2.45) is 0 Å². The SMILES string of the molecule is Cc1cc(-c2n[nH]c(CCc3ccccc3)n2)c2cnn(C(C)C)c2n1. The van der Waals surface area contributed by atoms with Crippen molar-refractivity contribution in [2.75, 3.05) is 0 Å². The van der Waals surface area contributed by atoms with Crippen molar-refractivity contribution in [3.8, 4) is 11.4 Å². The van der Waals surface area contributed by atoms with Gasteiger partial charge in [0.05, 0.1) is 11.6 Å². The zero-order valence-corrected chi connectivity index (χ0v) is 15.3. The van der Waals surface area contributed by atoms with Gasteiger partial charge in [0.25, 0.3) is 0 Å². The van der Waals surface area contributed by atoms with Gasteiger partial charge < -0.3 is 0 Å². The summed E-state index contributed by atoms with van der Waals surface area (Å²) < 4.78 is 1.94. The van der Waals surface area contributed by atoms with Crippen LogP contribution in [0.1, 0.15) is 37.0 Å².